The van der Waals surface area contributed by atoms with Crippen LogP contribution in [0.4, 0.5) is 5.69 Å². The van der Waals surface area contributed by atoms with E-state index in [1.165, 1.54) is 33.5 Å². The standard InChI is InChI=1S/C20H18N2O7/c1-11-5-6-13(10-15(11)22(24)25)19-21-14(20(23)29-19)9-12-7-8-16(26-2)18(28-4)17(12)27-3/h5-10H,1-4H3. The average molecular weight is 398 g/mol. The van der Waals surface area contributed by atoms with Gasteiger partial charge < -0.3 is 18.9 Å². The van der Waals surface area contributed by atoms with Crippen LogP contribution in [-0.2, 0) is 9.53 Å². The summed E-state index contributed by atoms with van der Waals surface area (Å²) in [6, 6.07) is 7.85. The van der Waals surface area contributed by atoms with Crippen molar-refractivity contribution in [2.24, 2.45) is 4.99 Å². The number of carbonyl (C=O) groups excluding carboxylic acids is 1. The van der Waals surface area contributed by atoms with E-state index in [1.807, 2.05) is 0 Å². The zero-order valence-corrected chi connectivity index (χ0v) is 16.2. The van der Waals surface area contributed by atoms with E-state index in [9.17, 15) is 14.9 Å². The molecule has 0 aromatic heterocycles. The first-order valence-corrected chi connectivity index (χ1v) is 8.46. The van der Waals surface area contributed by atoms with Gasteiger partial charge in [0.25, 0.3) is 5.69 Å². The Morgan fingerprint density at radius 2 is 1.79 bits per heavy atom. The van der Waals surface area contributed by atoms with Gasteiger partial charge in [0.15, 0.2) is 17.2 Å². The van der Waals surface area contributed by atoms with Crippen LogP contribution in [-0.4, -0.2) is 38.1 Å². The highest BCUT2D eigenvalue weighted by Gasteiger charge is 2.27. The van der Waals surface area contributed by atoms with Crippen LogP contribution in [0.25, 0.3) is 6.08 Å². The molecule has 9 nitrogen and oxygen atoms in total. The molecule has 3 rings (SSSR count). The summed E-state index contributed by atoms with van der Waals surface area (Å²) >= 11 is 0. The number of carbonyl (C=O) groups is 1. The van der Waals surface area contributed by atoms with Crippen LogP contribution >= 0.6 is 0 Å². The predicted octanol–water partition coefficient (Wildman–Crippen LogP) is 3.27. The maximum atomic E-state index is 12.3. The minimum absolute atomic E-state index is 0.0104. The Balaban J connectivity index is 2.04. The molecule has 0 atom stereocenters. The quantitative estimate of drug-likeness (QED) is 0.318. The minimum atomic E-state index is -0.680. The van der Waals surface area contributed by atoms with E-state index in [4.69, 9.17) is 18.9 Å². The molecule has 0 bridgehead atoms. The fourth-order valence-corrected chi connectivity index (χ4v) is 2.86. The van der Waals surface area contributed by atoms with Crippen molar-refractivity contribution in [3.63, 3.8) is 0 Å². The lowest BCUT2D eigenvalue weighted by molar-refractivity contribution is -0.385. The van der Waals surface area contributed by atoms with Crippen molar-refractivity contribution < 1.29 is 28.7 Å². The van der Waals surface area contributed by atoms with Crippen molar-refractivity contribution in [2.45, 2.75) is 6.92 Å². The second-order valence-electron chi connectivity index (χ2n) is 6.02. The van der Waals surface area contributed by atoms with Crippen LogP contribution in [0.15, 0.2) is 41.0 Å². The molecule has 0 spiro atoms. The van der Waals surface area contributed by atoms with Gasteiger partial charge in [0.05, 0.1) is 26.3 Å². The molecular formula is C20H18N2O7. The fourth-order valence-electron chi connectivity index (χ4n) is 2.86. The van der Waals surface area contributed by atoms with Crippen LogP contribution in [0.5, 0.6) is 17.2 Å². The number of hydrogen-bond acceptors (Lipinski definition) is 8. The average Bonchev–Trinajstić information content (AvgIpc) is 3.07. The molecular weight excluding hydrogens is 380 g/mol. The predicted molar refractivity (Wildman–Crippen MR) is 105 cm³/mol. The number of hydrogen-bond donors (Lipinski definition) is 0. The largest absolute Gasteiger partial charge is 0.493 e. The smallest absolute Gasteiger partial charge is 0.363 e. The first-order valence-electron chi connectivity index (χ1n) is 8.46. The van der Waals surface area contributed by atoms with Crippen molar-refractivity contribution >= 4 is 23.6 Å². The van der Waals surface area contributed by atoms with E-state index in [1.54, 1.807) is 31.2 Å². The molecule has 0 N–H and O–H groups in total. The van der Waals surface area contributed by atoms with Crippen molar-refractivity contribution in [1.82, 2.24) is 0 Å². The number of nitro benzene ring substituents is 1. The molecule has 0 saturated heterocycles. The van der Waals surface area contributed by atoms with Gasteiger partial charge in [0.2, 0.25) is 11.6 Å². The van der Waals surface area contributed by atoms with Crippen molar-refractivity contribution in [3.8, 4) is 17.2 Å². The topological polar surface area (TPSA) is 109 Å². The molecule has 150 valence electrons. The van der Waals surface area contributed by atoms with E-state index >= 15 is 0 Å². The summed E-state index contributed by atoms with van der Waals surface area (Å²) in [5.41, 5.74) is 1.29. The summed E-state index contributed by atoms with van der Waals surface area (Å²) in [5.74, 6) is 0.511. The highest BCUT2D eigenvalue weighted by Crippen LogP contribution is 2.41. The van der Waals surface area contributed by atoms with E-state index in [0.29, 0.717) is 33.9 Å². The summed E-state index contributed by atoms with van der Waals surface area (Å²) in [6.07, 6.45) is 1.48. The minimum Gasteiger partial charge on any atom is -0.493 e. The maximum Gasteiger partial charge on any atom is 0.363 e. The molecule has 29 heavy (non-hydrogen) atoms. The number of nitro groups is 1. The Bertz CT molecular complexity index is 1060. The SMILES string of the molecule is COc1ccc(C=C2N=C(c3ccc(C)c([N+](=O)[O-])c3)OC2=O)c(OC)c1OC. The first-order chi connectivity index (χ1) is 13.9. The Labute approximate surface area is 166 Å². The van der Waals surface area contributed by atoms with Gasteiger partial charge in [-0.1, -0.05) is 6.07 Å². The third-order valence-corrected chi connectivity index (χ3v) is 4.30. The lowest BCUT2D eigenvalue weighted by Gasteiger charge is -2.14. The zero-order chi connectivity index (χ0) is 21.1. The van der Waals surface area contributed by atoms with Gasteiger partial charge in [-0.25, -0.2) is 9.79 Å². The zero-order valence-electron chi connectivity index (χ0n) is 16.2. The molecule has 0 radical (unpaired) electrons. The highest BCUT2D eigenvalue weighted by atomic mass is 16.6. The summed E-state index contributed by atoms with van der Waals surface area (Å²) < 4.78 is 21.2. The first kappa shape index (κ1) is 19.9. The fraction of sp³-hybridized carbons (Fsp3) is 0.200. The van der Waals surface area contributed by atoms with Gasteiger partial charge in [-0.15, -0.1) is 0 Å². The number of rotatable bonds is 6. The van der Waals surface area contributed by atoms with E-state index in [0.717, 1.165) is 0 Å². The van der Waals surface area contributed by atoms with E-state index in [2.05, 4.69) is 4.99 Å². The third-order valence-electron chi connectivity index (χ3n) is 4.30. The number of aryl methyl sites for hydroxylation is 1. The molecule has 0 aliphatic carbocycles. The molecule has 0 saturated carbocycles. The van der Waals surface area contributed by atoms with E-state index < -0.39 is 10.9 Å². The number of cyclic esters (lactones) is 1. The second-order valence-corrected chi connectivity index (χ2v) is 6.02. The molecule has 0 fully saturated rings. The van der Waals surface area contributed by atoms with E-state index in [-0.39, 0.29) is 17.3 Å². The lowest BCUT2D eigenvalue weighted by atomic mass is 10.1. The van der Waals surface area contributed by atoms with Crippen molar-refractivity contribution in [1.29, 1.82) is 0 Å². The molecule has 2 aromatic rings. The molecule has 1 aliphatic rings. The van der Waals surface area contributed by atoms with Gasteiger partial charge in [0.1, 0.15) is 0 Å². The summed E-state index contributed by atoms with van der Waals surface area (Å²) in [5, 5.41) is 11.2. The number of ether oxygens (including phenoxy) is 4. The normalized spacial score (nSPS) is 14.4. The van der Waals surface area contributed by atoms with Crippen LogP contribution in [0.3, 0.4) is 0 Å². The Morgan fingerprint density at radius 1 is 1.07 bits per heavy atom. The van der Waals surface area contributed by atoms with Gasteiger partial charge in [-0.05, 0) is 31.2 Å². The number of nitrogens with zero attached hydrogens (tertiary/aromatic N) is 2. The van der Waals surface area contributed by atoms with Gasteiger partial charge in [-0.3, -0.25) is 10.1 Å². The summed E-state index contributed by atoms with van der Waals surface area (Å²) in [6.45, 7) is 1.62. The van der Waals surface area contributed by atoms with Crippen LogP contribution < -0.4 is 14.2 Å². The van der Waals surface area contributed by atoms with Crippen LogP contribution in [0.1, 0.15) is 16.7 Å². The number of aliphatic imine (C=N–C) groups is 1. The number of methoxy groups -OCH3 is 3. The molecule has 0 unspecified atom stereocenters. The molecule has 1 aliphatic heterocycles. The third kappa shape index (κ3) is 3.75. The molecule has 1 heterocycles. The Kier molecular flexibility index (Phi) is 5.49. The monoisotopic (exact) mass is 398 g/mol. The van der Waals surface area contributed by atoms with Crippen molar-refractivity contribution in [2.75, 3.05) is 21.3 Å². The molecule has 9 heteroatoms. The molecule has 2 aromatic carbocycles. The van der Waals surface area contributed by atoms with Crippen LogP contribution in [0, 0.1) is 17.0 Å². The Morgan fingerprint density at radius 3 is 2.41 bits per heavy atom. The second kappa shape index (κ2) is 8.01. The number of benzene rings is 2. The maximum absolute atomic E-state index is 12.3. The highest BCUT2D eigenvalue weighted by molar-refractivity contribution is 6.13. The molecule has 0 amide bonds. The van der Waals surface area contributed by atoms with Crippen LogP contribution in [0.2, 0.25) is 0 Å². The Hall–Kier alpha value is -3.88. The summed E-state index contributed by atoms with van der Waals surface area (Å²) in [7, 11) is 4.44. The summed E-state index contributed by atoms with van der Waals surface area (Å²) in [4.78, 5) is 27.1. The van der Waals surface area contributed by atoms with Crippen molar-refractivity contribution in [3.05, 3.63) is 62.8 Å². The number of esters is 1. The van der Waals surface area contributed by atoms with Gasteiger partial charge >= 0.3 is 5.97 Å². The van der Waals surface area contributed by atoms with Gasteiger partial charge in [0, 0.05) is 22.8 Å². The van der Waals surface area contributed by atoms with Gasteiger partial charge in [-0.2, -0.15) is 0 Å². The lowest BCUT2D eigenvalue weighted by Crippen LogP contribution is -2.06.